The van der Waals surface area contributed by atoms with Crippen molar-refractivity contribution in [3.05, 3.63) is 110 Å². The van der Waals surface area contributed by atoms with Crippen molar-refractivity contribution in [2.75, 3.05) is 0 Å². The Bertz CT molecular complexity index is 1480. The third-order valence-electron chi connectivity index (χ3n) is 6.16. The first-order chi connectivity index (χ1) is 17.8. The molecule has 2 atom stereocenters. The van der Waals surface area contributed by atoms with Gasteiger partial charge in [-0.25, -0.2) is 13.2 Å². The third-order valence-corrected chi connectivity index (χ3v) is 9.04. The Hall–Kier alpha value is -2.35. The minimum absolute atomic E-state index is 0.109. The van der Waals surface area contributed by atoms with Crippen LogP contribution in [0.1, 0.15) is 56.0 Å². The molecule has 3 aromatic rings. The smallest absolute Gasteiger partial charge is 0.336 e. The number of halogens is 3. The molecule has 0 aromatic heterocycles. The molecule has 4 rings (SSSR count). The number of carbonyl (C=O) groups is 1. The molecule has 38 heavy (non-hydrogen) atoms. The van der Waals surface area contributed by atoms with Crippen molar-refractivity contribution < 1.29 is 17.9 Å². The maximum absolute atomic E-state index is 14.4. The third kappa shape index (κ3) is 6.11. The Balaban J connectivity index is 1.98. The zero-order valence-electron chi connectivity index (χ0n) is 21.4. The van der Waals surface area contributed by atoms with Crippen molar-refractivity contribution in [2.24, 2.45) is 0 Å². The Kier molecular flexibility index (Phi) is 8.31. The molecule has 0 fully saturated rings. The predicted octanol–water partition coefficient (Wildman–Crippen LogP) is 8.10. The number of ether oxygens (including phenoxy) is 1. The maximum Gasteiger partial charge on any atom is 0.336 e. The number of benzene rings is 3. The molecule has 0 bridgehead atoms. The molecule has 200 valence electrons. The Morgan fingerprint density at radius 2 is 1.50 bits per heavy atom. The van der Waals surface area contributed by atoms with E-state index in [1.165, 1.54) is 4.31 Å². The van der Waals surface area contributed by atoms with Crippen LogP contribution in [0.15, 0.2) is 83.3 Å². The normalized spacial score (nSPS) is 18.7. The van der Waals surface area contributed by atoms with Crippen LogP contribution >= 0.6 is 34.8 Å². The van der Waals surface area contributed by atoms with E-state index in [1.54, 1.807) is 93.6 Å². The van der Waals surface area contributed by atoms with Gasteiger partial charge in [-0.3, -0.25) is 0 Å². The zero-order chi connectivity index (χ0) is 27.8. The molecule has 0 unspecified atom stereocenters. The highest BCUT2D eigenvalue weighted by atomic mass is 35.5. The van der Waals surface area contributed by atoms with Gasteiger partial charge in [-0.05, 0) is 81.6 Å². The molecule has 1 aliphatic heterocycles. The monoisotopic (exact) mass is 591 g/mol. The average Bonchev–Trinajstić information content (AvgIpc) is 2.84. The fourth-order valence-electron chi connectivity index (χ4n) is 4.42. The number of aryl methyl sites for hydroxylation is 1. The quantitative estimate of drug-likeness (QED) is 0.281. The average molecular weight is 593 g/mol. The number of nitrogens with zero attached hydrogens (tertiary/aromatic N) is 1. The Morgan fingerprint density at radius 1 is 0.895 bits per heavy atom. The lowest BCUT2D eigenvalue weighted by Gasteiger charge is -2.41. The molecule has 0 N–H and O–H groups in total. The van der Waals surface area contributed by atoms with Crippen molar-refractivity contribution in [2.45, 2.75) is 56.7 Å². The Labute approximate surface area is 239 Å². The lowest BCUT2D eigenvalue weighted by Crippen LogP contribution is -2.43. The van der Waals surface area contributed by atoms with Crippen LogP contribution in [0.2, 0.25) is 15.1 Å². The molecule has 9 heteroatoms. The van der Waals surface area contributed by atoms with E-state index in [0.717, 1.165) is 5.56 Å². The van der Waals surface area contributed by atoms with Crippen LogP contribution in [0.25, 0.3) is 0 Å². The second-order valence-corrected chi connectivity index (χ2v) is 13.3. The van der Waals surface area contributed by atoms with E-state index >= 15 is 0 Å². The molecule has 0 radical (unpaired) electrons. The molecule has 3 aromatic carbocycles. The summed E-state index contributed by atoms with van der Waals surface area (Å²) in [6, 6.07) is 16.8. The van der Waals surface area contributed by atoms with Crippen molar-refractivity contribution in [1.82, 2.24) is 4.31 Å². The van der Waals surface area contributed by atoms with Gasteiger partial charge >= 0.3 is 5.97 Å². The van der Waals surface area contributed by atoms with Crippen LogP contribution in [0.4, 0.5) is 0 Å². The maximum atomic E-state index is 14.4. The van der Waals surface area contributed by atoms with E-state index in [0.29, 0.717) is 26.2 Å². The van der Waals surface area contributed by atoms with Gasteiger partial charge in [0, 0.05) is 5.02 Å². The van der Waals surface area contributed by atoms with Crippen LogP contribution in [-0.4, -0.2) is 24.3 Å². The van der Waals surface area contributed by atoms with Crippen molar-refractivity contribution >= 4 is 50.8 Å². The zero-order valence-corrected chi connectivity index (χ0v) is 24.5. The van der Waals surface area contributed by atoms with Crippen LogP contribution in [0.5, 0.6) is 0 Å². The SMILES string of the molecule is Cc1ccc(S(=O)(=O)N2[C@@H](c3ccc(Cl)cc3)C(C(=O)OC(C)(C)C)=CC[C@H]2c2ccc(Cl)c(Cl)c2)cc1. The van der Waals surface area contributed by atoms with Gasteiger partial charge in [-0.15, -0.1) is 0 Å². The summed E-state index contributed by atoms with van der Waals surface area (Å²) < 4.78 is 35.9. The van der Waals surface area contributed by atoms with Crippen LogP contribution in [0.3, 0.4) is 0 Å². The van der Waals surface area contributed by atoms with Crippen LogP contribution in [-0.2, 0) is 19.6 Å². The van der Waals surface area contributed by atoms with Gasteiger partial charge in [-0.1, -0.05) is 76.8 Å². The van der Waals surface area contributed by atoms with Crippen molar-refractivity contribution in [3.63, 3.8) is 0 Å². The lowest BCUT2D eigenvalue weighted by molar-refractivity contribution is -0.150. The molecule has 0 spiro atoms. The molecule has 5 nitrogen and oxygen atoms in total. The van der Waals surface area contributed by atoms with Crippen molar-refractivity contribution in [3.8, 4) is 0 Å². The summed E-state index contributed by atoms with van der Waals surface area (Å²) in [5.74, 6) is -0.589. The van der Waals surface area contributed by atoms with E-state index in [-0.39, 0.29) is 16.9 Å². The molecule has 0 saturated heterocycles. The van der Waals surface area contributed by atoms with Gasteiger partial charge in [0.2, 0.25) is 10.0 Å². The second-order valence-electron chi connectivity index (χ2n) is 10.2. The van der Waals surface area contributed by atoms with Crippen molar-refractivity contribution in [1.29, 1.82) is 0 Å². The van der Waals surface area contributed by atoms with E-state index in [2.05, 4.69) is 0 Å². The highest BCUT2D eigenvalue weighted by molar-refractivity contribution is 7.89. The van der Waals surface area contributed by atoms with E-state index in [9.17, 15) is 13.2 Å². The Morgan fingerprint density at radius 3 is 2.08 bits per heavy atom. The highest BCUT2D eigenvalue weighted by Crippen LogP contribution is 2.47. The summed E-state index contributed by atoms with van der Waals surface area (Å²) in [6.45, 7) is 7.19. The van der Waals surface area contributed by atoms with E-state index in [1.807, 2.05) is 6.92 Å². The van der Waals surface area contributed by atoms with Crippen LogP contribution in [0, 0.1) is 6.92 Å². The number of esters is 1. The van der Waals surface area contributed by atoms with Gasteiger partial charge in [0.15, 0.2) is 0 Å². The van der Waals surface area contributed by atoms with Gasteiger partial charge < -0.3 is 4.74 Å². The predicted molar refractivity (Wildman–Crippen MR) is 152 cm³/mol. The molecule has 0 amide bonds. The minimum atomic E-state index is -4.14. The molecular formula is C29H28Cl3NO4S. The van der Waals surface area contributed by atoms with Gasteiger partial charge in [0.1, 0.15) is 5.60 Å². The summed E-state index contributed by atoms with van der Waals surface area (Å²) in [5, 5.41) is 1.15. The van der Waals surface area contributed by atoms with Crippen LogP contribution < -0.4 is 0 Å². The number of carbonyl (C=O) groups excluding carboxylic acids is 1. The first-order valence-corrected chi connectivity index (χ1v) is 14.6. The largest absolute Gasteiger partial charge is 0.457 e. The number of hydrogen-bond donors (Lipinski definition) is 0. The van der Waals surface area contributed by atoms with Gasteiger partial charge in [0.25, 0.3) is 0 Å². The minimum Gasteiger partial charge on any atom is -0.457 e. The van der Waals surface area contributed by atoms with Gasteiger partial charge in [0.05, 0.1) is 32.6 Å². The molecule has 0 aliphatic carbocycles. The van der Waals surface area contributed by atoms with E-state index < -0.39 is 33.7 Å². The molecular weight excluding hydrogens is 565 g/mol. The fraction of sp³-hybridized carbons (Fsp3) is 0.276. The number of rotatable bonds is 5. The summed E-state index contributed by atoms with van der Waals surface area (Å²) in [7, 11) is -4.14. The lowest BCUT2D eigenvalue weighted by atomic mass is 9.89. The van der Waals surface area contributed by atoms with Gasteiger partial charge in [-0.2, -0.15) is 4.31 Å². The summed E-state index contributed by atoms with van der Waals surface area (Å²) in [6.07, 6.45) is 1.98. The molecule has 1 heterocycles. The highest BCUT2D eigenvalue weighted by Gasteiger charge is 2.45. The standard InChI is InChI=1S/C29H28Cl3NO4S/c1-18-5-12-22(13-6-18)38(35,36)33-26(20-9-15-24(31)25(32)17-20)16-14-23(28(34)37-29(2,3)4)27(33)19-7-10-21(30)11-8-19/h5-15,17,26-27H,16H2,1-4H3/t26-,27-/m0/s1. The number of sulfonamides is 1. The summed E-state index contributed by atoms with van der Waals surface area (Å²) >= 11 is 18.7. The summed E-state index contributed by atoms with van der Waals surface area (Å²) in [4.78, 5) is 13.6. The second kappa shape index (κ2) is 11.0. The fourth-order valence-corrected chi connectivity index (χ4v) is 6.63. The summed E-state index contributed by atoms with van der Waals surface area (Å²) in [5.41, 5.74) is 1.60. The molecule has 1 aliphatic rings. The topological polar surface area (TPSA) is 63.7 Å². The molecule has 0 saturated carbocycles. The first kappa shape index (κ1) is 28.7. The first-order valence-electron chi connectivity index (χ1n) is 12.0. The van der Waals surface area contributed by atoms with E-state index in [4.69, 9.17) is 39.5 Å². The number of hydrogen-bond acceptors (Lipinski definition) is 4.